The molecule has 0 aromatic heterocycles. The van der Waals surface area contributed by atoms with Crippen molar-refractivity contribution in [1.82, 2.24) is 0 Å². The number of halogens is 1. The molecule has 0 aliphatic heterocycles. The van der Waals surface area contributed by atoms with Gasteiger partial charge in [-0.1, -0.05) is 78.9 Å². The average Bonchev–Trinajstić information content (AvgIpc) is 2.55. The highest BCUT2D eigenvalue weighted by molar-refractivity contribution is 5.85. The summed E-state index contributed by atoms with van der Waals surface area (Å²) < 4.78 is 0. The van der Waals surface area contributed by atoms with E-state index in [0.29, 0.717) is 0 Å². The Hall–Kier alpha value is -2.25. The first-order valence-electron chi connectivity index (χ1n) is 6.85. The molecular formula is C19H18ClN. The van der Waals surface area contributed by atoms with Gasteiger partial charge in [0, 0.05) is 5.69 Å². The van der Waals surface area contributed by atoms with Crippen molar-refractivity contribution in [2.24, 2.45) is 0 Å². The van der Waals surface area contributed by atoms with Crippen molar-refractivity contribution in [1.29, 1.82) is 0 Å². The third kappa shape index (κ3) is 3.87. The van der Waals surface area contributed by atoms with E-state index >= 15 is 0 Å². The average molecular weight is 296 g/mol. The minimum atomic E-state index is 0. The van der Waals surface area contributed by atoms with Crippen molar-refractivity contribution in [3.63, 3.8) is 0 Å². The first-order valence-corrected chi connectivity index (χ1v) is 6.85. The van der Waals surface area contributed by atoms with Gasteiger partial charge in [-0.15, -0.1) is 12.4 Å². The number of hydrogen-bond acceptors (Lipinski definition) is 1. The lowest BCUT2D eigenvalue weighted by Crippen LogP contribution is -2.12. The van der Waals surface area contributed by atoms with Crippen molar-refractivity contribution < 1.29 is 0 Å². The second-order valence-corrected chi connectivity index (χ2v) is 4.76. The van der Waals surface area contributed by atoms with E-state index < -0.39 is 0 Å². The summed E-state index contributed by atoms with van der Waals surface area (Å²) in [4.78, 5) is 0. The van der Waals surface area contributed by atoms with Gasteiger partial charge >= 0.3 is 0 Å². The Balaban J connectivity index is 0.00000161. The summed E-state index contributed by atoms with van der Waals surface area (Å²) in [6.45, 7) is 0. The molecule has 3 aromatic carbocycles. The monoisotopic (exact) mass is 295 g/mol. The van der Waals surface area contributed by atoms with Gasteiger partial charge in [0.2, 0.25) is 0 Å². The van der Waals surface area contributed by atoms with Gasteiger partial charge in [0.05, 0.1) is 6.04 Å². The summed E-state index contributed by atoms with van der Waals surface area (Å²) in [7, 11) is 0. The molecule has 0 radical (unpaired) electrons. The molecule has 1 nitrogen and oxygen atoms in total. The van der Waals surface area contributed by atoms with E-state index in [1.54, 1.807) is 0 Å². The Morgan fingerprint density at radius 3 is 1.33 bits per heavy atom. The highest BCUT2D eigenvalue weighted by Gasteiger charge is 2.12. The molecule has 0 atom stereocenters. The number of para-hydroxylation sites is 1. The SMILES string of the molecule is Cl.c1ccc(NC(c2ccccc2)c2ccccc2)cc1. The molecule has 0 unspecified atom stereocenters. The van der Waals surface area contributed by atoms with Crippen molar-refractivity contribution in [2.75, 3.05) is 5.32 Å². The molecule has 0 bridgehead atoms. The zero-order valence-corrected chi connectivity index (χ0v) is 12.5. The van der Waals surface area contributed by atoms with Gasteiger partial charge in [-0.25, -0.2) is 0 Å². The van der Waals surface area contributed by atoms with Crippen LogP contribution in [0.25, 0.3) is 0 Å². The lowest BCUT2D eigenvalue weighted by molar-refractivity contribution is 0.939. The fraction of sp³-hybridized carbons (Fsp3) is 0.0526. The molecule has 0 amide bonds. The topological polar surface area (TPSA) is 12.0 Å². The summed E-state index contributed by atoms with van der Waals surface area (Å²) in [6, 6.07) is 31.6. The van der Waals surface area contributed by atoms with Crippen molar-refractivity contribution in [3.8, 4) is 0 Å². The molecule has 3 rings (SSSR count). The lowest BCUT2D eigenvalue weighted by atomic mass is 9.98. The van der Waals surface area contributed by atoms with E-state index in [-0.39, 0.29) is 18.4 Å². The molecule has 0 saturated carbocycles. The highest BCUT2D eigenvalue weighted by atomic mass is 35.5. The largest absolute Gasteiger partial charge is 0.374 e. The van der Waals surface area contributed by atoms with Crippen LogP contribution in [-0.2, 0) is 0 Å². The molecule has 0 saturated heterocycles. The number of anilines is 1. The van der Waals surface area contributed by atoms with Crippen molar-refractivity contribution >= 4 is 18.1 Å². The second-order valence-electron chi connectivity index (χ2n) is 4.76. The lowest BCUT2D eigenvalue weighted by Gasteiger charge is -2.21. The minimum Gasteiger partial charge on any atom is -0.374 e. The third-order valence-corrected chi connectivity index (χ3v) is 3.35. The molecule has 0 aliphatic rings. The summed E-state index contributed by atoms with van der Waals surface area (Å²) in [6.07, 6.45) is 0. The molecule has 0 heterocycles. The quantitative estimate of drug-likeness (QED) is 0.688. The molecule has 0 aliphatic carbocycles. The van der Waals surface area contributed by atoms with E-state index in [2.05, 4.69) is 78.1 Å². The first-order chi connectivity index (χ1) is 9.93. The standard InChI is InChI=1S/C19H17N.ClH/c1-4-10-16(11-5-1)19(17-12-6-2-7-13-17)20-18-14-8-3-9-15-18;/h1-15,19-20H;1H. The van der Waals surface area contributed by atoms with E-state index in [9.17, 15) is 0 Å². The number of rotatable bonds is 4. The number of nitrogens with one attached hydrogen (secondary N) is 1. The molecule has 3 aromatic rings. The first kappa shape index (κ1) is 15.1. The predicted octanol–water partition coefficient (Wildman–Crippen LogP) is 5.31. The predicted molar refractivity (Wildman–Crippen MR) is 92.0 cm³/mol. The second kappa shape index (κ2) is 7.51. The maximum absolute atomic E-state index is 3.61. The van der Waals surface area contributed by atoms with Crippen molar-refractivity contribution in [2.45, 2.75) is 6.04 Å². The highest BCUT2D eigenvalue weighted by Crippen LogP contribution is 2.26. The van der Waals surface area contributed by atoms with Gasteiger partial charge in [-0.05, 0) is 23.3 Å². The van der Waals surface area contributed by atoms with Crippen LogP contribution in [0.1, 0.15) is 17.2 Å². The molecular weight excluding hydrogens is 278 g/mol. The Kier molecular flexibility index (Phi) is 5.42. The number of benzene rings is 3. The van der Waals surface area contributed by atoms with Crippen molar-refractivity contribution in [3.05, 3.63) is 102 Å². The van der Waals surface area contributed by atoms with E-state index in [1.807, 2.05) is 18.2 Å². The Bertz CT molecular complexity index is 599. The Labute approximate surface area is 132 Å². The van der Waals surface area contributed by atoms with Crippen LogP contribution in [0, 0.1) is 0 Å². The molecule has 0 spiro atoms. The molecule has 1 N–H and O–H groups in total. The van der Waals surface area contributed by atoms with Gasteiger partial charge in [0.15, 0.2) is 0 Å². The van der Waals surface area contributed by atoms with Gasteiger partial charge in [-0.3, -0.25) is 0 Å². The third-order valence-electron chi connectivity index (χ3n) is 3.35. The van der Waals surface area contributed by atoms with Crippen LogP contribution in [0.15, 0.2) is 91.0 Å². The van der Waals surface area contributed by atoms with E-state index in [1.165, 1.54) is 11.1 Å². The van der Waals surface area contributed by atoms with Crippen LogP contribution in [0.4, 0.5) is 5.69 Å². The van der Waals surface area contributed by atoms with Gasteiger partial charge in [0.25, 0.3) is 0 Å². The molecule has 0 fully saturated rings. The normalized spacial score (nSPS) is 9.95. The zero-order chi connectivity index (χ0) is 13.6. The molecule has 106 valence electrons. The van der Waals surface area contributed by atoms with Crippen LogP contribution < -0.4 is 5.32 Å². The maximum atomic E-state index is 3.61. The van der Waals surface area contributed by atoms with Crippen LogP contribution in [0.2, 0.25) is 0 Å². The van der Waals surface area contributed by atoms with Crippen LogP contribution in [0.3, 0.4) is 0 Å². The fourth-order valence-electron chi connectivity index (χ4n) is 2.35. The summed E-state index contributed by atoms with van der Waals surface area (Å²) >= 11 is 0. The van der Waals surface area contributed by atoms with Crippen LogP contribution in [0.5, 0.6) is 0 Å². The smallest absolute Gasteiger partial charge is 0.0767 e. The van der Waals surface area contributed by atoms with E-state index in [4.69, 9.17) is 0 Å². The molecule has 21 heavy (non-hydrogen) atoms. The maximum Gasteiger partial charge on any atom is 0.0767 e. The number of hydrogen-bond donors (Lipinski definition) is 1. The fourth-order valence-corrected chi connectivity index (χ4v) is 2.35. The van der Waals surface area contributed by atoms with E-state index in [0.717, 1.165) is 5.69 Å². The van der Waals surface area contributed by atoms with Crippen LogP contribution >= 0.6 is 12.4 Å². The summed E-state index contributed by atoms with van der Waals surface area (Å²) in [5.41, 5.74) is 3.66. The molecule has 2 heteroatoms. The van der Waals surface area contributed by atoms with Crippen LogP contribution in [-0.4, -0.2) is 0 Å². The van der Waals surface area contributed by atoms with Gasteiger partial charge < -0.3 is 5.32 Å². The van der Waals surface area contributed by atoms with Gasteiger partial charge in [-0.2, -0.15) is 0 Å². The van der Waals surface area contributed by atoms with Gasteiger partial charge in [0.1, 0.15) is 0 Å². The Morgan fingerprint density at radius 2 is 0.905 bits per heavy atom. The Morgan fingerprint density at radius 1 is 0.524 bits per heavy atom. The summed E-state index contributed by atoms with van der Waals surface area (Å²) in [5, 5.41) is 3.61. The zero-order valence-electron chi connectivity index (χ0n) is 11.6. The minimum absolute atomic E-state index is 0. The summed E-state index contributed by atoms with van der Waals surface area (Å²) in [5.74, 6) is 0.